The molecule has 0 unspecified atom stereocenters. The zero-order valence-corrected chi connectivity index (χ0v) is 11.4. The topological polar surface area (TPSA) is 95.5 Å². The lowest BCUT2D eigenvalue weighted by atomic mass is 9.89. The average Bonchev–Trinajstić information content (AvgIpc) is 2.32. The van der Waals surface area contributed by atoms with Gasteiger partial charge in [0.25, 0.3) is 0 Å². The van der Waals surface area contributed by atoms with Gasteiger partial charge in [0.2, 0.25) is 5.91 Å². The average molecular weight is 300 g/mol. The fourth-order valence-corrected chi connectivity index (χ4v) is 1.38. The number of hydrogen-bond acceptors (Lipinski definition) is 3. The molecule has 0 bridgehead atoms. The van der Waals surface area contributed by atoms with Crippen LogP contribution in [0.5, 0.6) is 0 Å². The molecule has 0 aromatic heterocycles. The molecule has 8 heteroatoms. The van der Waals surface area contributed by atoms with E-state index in [1.807, 2.05) is 5.32 Å². The molecule has 21 heavy (non-hydrogen) atoms. The van der Waals surface area contributed by atoms with Crippen molar-refractivity contribution in [1.29, 1.82) is 0 Å². The second kappa shape index (κ2) is 6.29. The van der Waals surface area contributed by atoms with E-state index >= 15 is 0 Å². The molecule has 0 saturated heterocycles. The highest BCUT2D eigenvalue weighted by molar-refractivity contribution is 6.02. The summed E-state index contributed by atoms with van der Waals surface area (Å²) in [5.74, 6) is -4.20. The van der Waals surface area contributed by atoms with Crippen LogP contribution in [0.1, 0.15) is 20.3 Å². The number of carboxylic acids is 1. The van der Waals surface area contributed by atoms with Gasteiger partial charge in [-0.1, -0.05) is 0 Å². The van der Waals surface area contributed by atoms with E-state index in [-0.39, 0.29) is 5.69 Å². The van der Waals surface area contributed by atoms with Crippen LogP contribution in [-0.2, 0) is 9.59 Å². The molecule has 0 radical (unpaired) electrons. The predicted octanol–water partition coefficient (Wildman–Crippen LogP) is 2.11. The van der Waals surface area contributed by atoms with Gasteiger partial charge in [0, 0.05) is 18.2 Å². The van der Waals surface area contributed by atoms with Crippen LogP contribution in [-0.4, -0.2) is 23.0 Å². The summed E-state index contributed by atoms with van der Waals surface area (Å²) >= 11 is 0. The number of carbonyl (C=O) groups is 3. The molecule has 0 aliphatic carbocycles. The van der Waals surface area contributed by atoms with Gasteiger partial charge in [0.1, 0.15) is 0 Å². The molecule has 3 amide bonds. The molecule has 0 fully saturated rings. The van der Waals surface area contributed by atoms with E-state index in [0.29, 0.717) is 0 Å². The predicted molar refractivity (Wildman–Crippen MR) is 69.6 cm³/mol. The molecular weight excluding hydrogens is 286 g/mol. The van der Waals surface area contributed by atoms with Crippen LogP contribution in [0.15, 0.2) is 18.2 Å². The third-order valence-electron chi connectivity index (χ3n) is 2.61. The van der Waals surface area contributed by atoms with E-state index in [1.54, 1.807) is 0 Å². The molecule has 6 nitrogen and oxygen atoms in total. The van der Waals surface area contributed by atoms with Gasteiger partial charge in [-0.25, -0.2) is 13.6 Å². The number of amides is 3. The molecule has 3 N–H and O–H groups in total. The Kier molecular flexibility index (Phi) is 4.96. The lowest BCUT2D eigenvalue weighted by molar-refractivity contribution is -0.149. The third-order valence-corrected chi connectivity index (χ3v) is 2.61. The Morgan fingerprint density at radius 1 is 1.19 bits per heavy atom. The van der Waals surface area contributed by atoms with E-state index < -0.39 is 41.4 Å². The Hall–Kier alpha value is -2.51. The number of hydrogen-bond donors (Lipinski definition) is 3. The number of carboxylic acid groups (broad SMARTS) is 1. The minimum atomic E-state index is -1.33. The first-order chi connectivity index (χ1) is 9.61. The lowest BCUT2D eigenvalue weighted by Crippen LogP contribution is -2.38. The van der Waals surface area contributed by atoms with Gasteiger partial charge in [0.05, 0.1) is 5.41 Å². The fourth-order valence-electron chi connectivity index (χ4n) is 1.38. The summed E-state index contributed by atoms with van der Waals surface area (Å²) in [5.41, 5.74) is -1.37. The van der Waals surface area contributed by atoms with E-state index in [4.69, 9.17) is 5.11 Å². The minimum absolute atomic E-state index is 0.0447. The summed E-state index contributed by atoms with van der Waals surface area (Å²) in [6.45, 7) is 2.67. The van der Waals surface area contributed by atoms with Gasteiger partial charge in [-0.3, -0.25) is 14.9 Å². The smallest absolute Gasteiger partial charge is 0.325 e. The number of anilines is 1. The van der Waals surface area contributed by atoms with E-state index in [2.05, 4.69) is 5.32 Å². The molecule has 0 heterocycles. The van der Waals surface area contributed by atoms with Crippen LogP contribution >= 0.6 is 0 Å². The molecule has 0 aliphatic rings. The number of rotatable bonds is 4. The van der Waals surface area contributed by atoms with Crippen molar-refractivity contribution in [2.24, 2.45) is 5.41 Å². The second-order valence-electron chi connectivity index (χ2n) is 5.00. The first-order valence-electron chi connectivity index (χ1n) is 5.91. The summed E-state index contributed by atoms with van der Waals surface area (Å²) in [6, 6.07) is 1.72. The number of carbonyl (C=O) groups excluding carboxylic acids is 2. The van der Waals surface area contributed by atoms with Crippen molar-refractivity contribution in [1.82, 2.24) is 5.32 Å². The van der Waals surface area contributed by atoms with Crippen molar-refractivity contribution in [2.75, 3.05) is 5.32 Å². The van der Waals surface area contributed by atoms with Crippen LogP contribution < -0.4 is 10.6 Å². The molecule has 0 atom stereocenters. The number of urea groups is 1. The van der Waals surface area contributed by atoms with Crippen LogP contribution in [0.25, 0.3) is 0 Å². The maximum atomic E-state index is 12.9. The Morgan fingerprint density at radius 3 is 2.33 bits per heavy atom. The first-order valence-corrected chi connectivity index (χ1v) is 5.91. The van der Waals surface area contributed by atoms with Gasteiger partial charge in [-0.05, 0) is 26.0 Å². The van der Waals surface area contributed by atoms with Gasteiger partial charge >= 0.3 is 12.0 Å². The molecule has 1 aromatic rings. The number of imide groups is 1. The monoisotopic (exact) mass is 300 g/mol. The van der Waals surface area contributed by atoms with E-state index in [1.165, 1.54) is 13.8 Å². The van der Waals surface area contributed by atoms with Crippen molar-refractivity contribution in [3.8, 4) is 0 Å². The summed E-state index contributed by atoms with van der Waals surface area (Å²) in [7, 11) is 0. The summed E-state index contributed by atoms with van der Waals surface area (Å²) in [4.78, 5) is 33.8. The fraction of sp³-hybridized carbons (Fsp3) is 0.308. The van der Waals surface area contributed by atoms with Crippen molar-refractivity contribution < 1.29 is 28.3 Å². The van der Waals surface area contributed by atoms with Gasteiger partial charge in [-0.2, -0.15) is 0 Å². The molecule has 0 aliphatic heterocycles. The van der Waals surface area contributed by atoms with Gasteiger partial charge in [-0.15, -0.1) is 0 Å². The normalized spacial score (nSPS) is 10.9. The maximum Gasteiger partial charge on any atom is 0.325 e. The van der Waals surface area contributed by atoms with Crippen LogP contribution in [0, 0.1) is 17.0 Å². The molecular formula is C13H14F2N2O4. The quantitative estimate of drug-likeness (QED) is 0.793. The summed E-state index contributed by atoms with van der Waals surface area (Å²) in [6.07, 6.45) is -0.409. The Labute approximate surface area is 119 Å². The summed E-state index contributed by atoms with van der Waals surface area (Å²) in [5, 5.41) is 12.9. The van der Waals surface area contributed by atoms with Gasteiger partial charge < -0.3 is 10.4 Å². The Balaban J connectivity index is 2.59. The third kappa shape index (κ3) is 4.83. The molecule has 0 saturated carbocycles. The van der Waals surface area contributed by atoms with E-state index in [9.17, 15) is 23.2 Å². The molecule has 1 rings (SSSR count). The molecule has 0 spiro atoms. The summed E-state index contributed by atoms with van der Waals surface area (Å²) < 4.78 is 25.6. The van der Waals surface area contributed by atoms with Crippen molar-refractivity contribution in [2.45, 2.75) is 20.3 Å². The highest BCUT2D eigenvalue weighted by Gasteiger charge is 2.30. The Bertz CT molecular complexity index is 588. The van der Waals surface area contributed by atoms with Crippen molar-refractivity contribution >= 4 is 23.6 Å². The van der Waals surface area contributed by atoms with Gasteiger partial charge in [0.15, 0.2) is 11.6 Å². The number of aliphatic carboxylic acids is 1. The minimum Gasteiger partial charge on any atom is -0.481 e. The highest BCUT2D eigenvalue weighted by Crippen LogP contribution is 2.20. The number of nitrogens with one attached hydrogen (secondary N) is 2. The SMILES string of the molecule is CC(C)(CC(=O)NC(=O)Nc1ccc(F)c(F)c1)C(=O)O. The molecule has 114 valence electrons. The van der Waals surface area contributed by atoms with Crippen LogP contribution in [0.2, 0.25) is 0 Å². The lowest BCUT2D eigenvalue weighted by Gasteiger charge is -2.17. The number of halogens is 2. The first kappa shape index (κ1) is 16.5. The standard InChI is InChI=1S/C13H14F2N2O4/c1-13(2,11(19)20)6-10(18)17-12(21)16-7-3-4-8(14)9(15)5-7/h3-5H,6H2,1-2H3,(H,19,20)(H2,16,17,18,21). The number of benzene rings is 1. The highest BCUT2D eigenvalue weighted by atomic mass is 19.2. The van der Waals surface area contributed by atoms with E-state index in [0.717, 1.165) is 18.2 Å². The van der Waals surface area contributed by atoms with Crippen LogP contribution in [0.3, 0.4) is 0 Å². The zero-order valence-electron chi connectivity index (χ0n) is 11.4. The second-order valence-corrected chi connectivity index (χ2v) is 5.00. The van der Waals surface area contributed by atoms with Crippen LogP contribution in [0.4, 0.5) is 19.3 Å². The largest absolute Gasteiger partial charge is 0.481 e. The maximum absolute atomic E-state index is 12.9. The zero-order chi connectivity index (χ0) is 16.2. The van der Waals surface area contributed by atoms with Crippen molar-refractivity contribution in [3.63, 3.8) is 0 Å². The molecule has 1 aromatic carbocycles. The van der Waals surface area contributed by atoms with Crippen molar-refractivity contribution in [3.05, 3.63) is 29.8 Å². The Morgan fingerprint density at radius 2 is 1.81 bits per heavy atom.